The molecule has 0 aliphatic carbocycles. The van der Waals surface area contributed by atoms with Crippen molar-refractivity contribution in [2.75, 3.05) is 29.6 Å². The highest BCUT2D eigenvalue weighted by atomic mass is 32.2. The van der Waals surface area contributed by atoms with E-state index in [9.17, 15) is 14.0 Å². The number of anilines is 2. The Morgan fingerprint density at radius 2 is 1.85 bits per heavy atom. The van der Waals surface area contributed by atoms with Gasteiger partial charge < -0.3 is 20.1 Å². The van der Waals surface area contributed by atoms with Crippen molar-refractivity contribution in [1.82, 2.24) is 0 Å². The summed E-state index contributed by atoms with van der Waals surface area (Å²) in [4.78, 5) is 24.1. The van der Waals surface area contributed by atoms with E-state index in [0.717, 1.165) is 4.90 Å². The number of ether oxygens (including phenoxy) is 2. The van der Waals surface area contributed by atoms with E-state index in [1.807, 2.05) is 18.2 Å². The molecular weight excluding hydrogens is 359 g/mol. The molecule has 8 heteroatoms. The summed E-state index contributed by atoms with van der Waals surface area (Å²) in [6, 6.07) is 9.51. The quantitative estimate of drug-likeness (QED) is 0.783. The predicted octanol–water partition coefficient (Wildman–Crippen LogP) is 3.29. The molecule has 26 heavy (non-hydrogen) atoms. The van der Waals surface area contributed by atoms with Gasteiger partial charge in [0.25, 0.3) is 0 Å². The Balaban J connectivity index is 1.58. The molecule has 2 aromatic rings. The van der Waals surface area contributed by atoms with Crippen LogP contribution in [0.5, 0.6) is 11.5 Å². The third kappa shape index (κ3) is 4.66. The second-order valence-electron chi connectivity index (χ2n) is 5.52. The SMILES string of the molecule is CC(=O)Nc1cc(NC(=O)CSc2ccc3c(c2)OCCO3)ccc1F. The third-order valence-electron chi connectivity index (χ3n) is 3.44. The van der Waals surface area contributed by atoms with Crippen LogP contribution in [0.25, 0.3) is 0 Å². The van der Waals surface area contributed by atoms with Crippen molar-refractivity contribution in [2.24, 2.45) is 0 Å². The molecule has 1 aliphatic rings. The molecule has 1 heterocycles. The van der Waals surface area contributed by atoms with Crippen molar-refractivity contribution in [3.05, 3.63) is 42.2 Å². The lowest BCUT2D eigenvalue weighted by molar-refractivity contribution is -0.114. The molecule has 2 N–H and O–H groups in total. The van der Waals surface area contributed by atoms with Crippen LogP contribution in [0.4, 0.5) is 15.8 Å². The number of amides is 2. The highest BCUT2D eigenvalue weighted by molar-refractivity contribution is 8.00. The second-order valence-corrected chi connectivity index (χ2v) is 6.57. The summed E-state index contributed by atoms with van der Waals surface area (Å²) in [5, 5.41) is 5.06. The maximum Gasteiger partial charge on any atom is 0.234 e. The zero-order chi connectivity index (χ0) is 18.5. The molecule has 3 rings (SSSR count). The van der Waals surface area contributed by atoms with Gasteiger partial charge in [-0.2, -0.15) is 0 Å². The molecule has 6 nitrogen and oxygen atoms in total. The number of thioether (sulfide) groups is 1. The number of hydrogen-bond acceptors (Lipinski definition) is 5. The summed E-state index contributed by atoms with van der Waals surface area (Å²) in [6.07, 6.45) is 0. The number of carbonyl (C=O) groups excluding carboxylic acids is 2. The fraction of sp³-hybridized carbons (Fsp3) is 0.222. The van der Waals surface area contributed by atoms with Crippen LogP contribution in [0, 0.1) is 5.82 Å². The maximum atomic E-state index is 13.6. The molecule has 0 unspecified atom stereocenters. The van der Waals surface area contributed by atoms with Crippen LogP contribution in [-0.2, 0) is 9.59 Å². The zero-order valence-electron chi connectivity index (χ0n) is 14.0. The molecule has 2 amide bonds. The minimum atomic E-state index is -0.566. The van der Waals surface area contributed by atoms with Crippen molar-refractivity contribution >= 4 is 35.0 Å². The summed E-state index contributed by atoms with van der Waals surface area (Å²) >= 11 is 1.35. The number of rotatable bonds is 5. The largest absolute Gasteiger partial charge is 0.486 e. The van der Waals surface area contributed by atoms with Crippen LogP contribution in [0.3, 0.4) is 0 Å². The van der Waals surface area contributed by atoms with E-state index in [-0.39, 0.29) is 23.3 Å². The minimum Gasteiger partial charge on any atom is -0.486 e. The van der Waals surface area contributed by atoms with E-state index in [1.165, 1.54) is 36.9 Å². The van der Waals surface area contributed by atoms with Gasteiger partial charge >= 0.3 is 0 Å². The van der Waals surface area contributed by atoms with Gasteiger partial charge in [0.05, 0.1) is 11.4 Å². The summed E-state index contributed by atoms with van der Waals surface area (Å²) in [6.45, 7) is 2.32. The van der Waals surface area contributed by atoms with Crippen LogP contribution in [0.2, 0.25) is 0 Å². The average Bonchev–Trinajstić information content (AvgIpc) is 2.62. The first kappa shape index (κ1) is 18.1. The fourth-order valence-corrected chi connectivity index (χ4v) is 3.07. The number of benzene rings is 2. The summed E-state index contributed by atoms with van der Waals surface area (Å²) in [5.74, 6) is 0.338. The summed E-state index contributed by atoms with van der Waals surface area (Å²) in [7, 11) is 0. The summed E-state index contributed by atoms with van der Waals surface area (Å²) < 4.78 is 24.6. The standard InChI is InChI=1S/C18H17FN2O4S/c1-11(22)20-15-8-12(2-4-14(15)19)21-18(23)10-26-13-3-5-16-17(9-13)25-7-6-24-16/h2-5,8-9H,6-7,10H2,1H3,(H,20,22)(H,21,23). The number of fused-ring (bicyclic) bond motifs is 1. The Morgan fingerprint density at radius 1 is 1.08 bits per heavy atom. The van der Waals surface area contributed by atoms with Gasteiger partial charge in [-0.25, -0.2) is 4.39 Å². The van der Waals surface area contributed by atoms with E-state index < -0.39 is 5.82 Å². The Kier molecular flexibility index (Phi) is 5.62. The molecular formula is C18H17FN2O4S. The van der Waals surface area contributed by atoms with Crippen LogP contribution in [0.15, 0.2) is 41.3 Å². The first-order chi connectivity index (χ1) is 12.5. The molecule has 2 aromatic carbocycles. The molecule has 0 radical (unpaired) electrons. The summed E-state index contributed by atoms with van der Waals surface area (Å²) in [5.41, 5.74) is 0.428. The monoisotopic (exact) mass is 376 g/mol. The van der Waals surface area contributed by atoms with E-state index in [1.54, 1.807) is 0 Å². The first-order valence-electron chi connectivity index (χ1n) is 7.91. The second kappa shape index (κ2) is 8.09. The van der Waals surface area contributed by atoms with E-state index >= 15 is 0 Å². The molecule has 0 spiro atoms. The highest BCUT2D eigenvalue weighted by Crippen LogP contribution is 2.34. The van der Waals surface area contributed by atoms with Crippen molar-refractivity contribution in [1.29, 1.82) is 0 Å². The minimum absolute atomic E-state index is 0.0230. The normalized spacial score (nSPS) is 12.4. The van der Waals surface area contributed by atoms with Gasteiger partial charge in [-0.05, 0) is 36.4 Å². The highest BCUT2D eigenvalue weighted by Gasteiger charge is 2.13. The number of hydrogen-bond donors (Lipinski definition) is 2. The van der Waals surface area contributed by atoms with E-state index in [2.05, 4.69) is 10.6 Å². The van der Waals surface area contributed by atoms with Crippen molar-refractivity contribution in [3.8, 4) is 11.5 Å². The zero-order valence-corrected chi connectivity index (χ0v) is 14.8. The topological polar surface area (TPSA) is 76.7 Å². The first-order valence-corrected chi connectivity index (χ1v) is 8.89. The van der Waals surface area contributed by atoms with Crippen LogP contribution >= 0.6 is 11.8 Å². The Labute approximate surface area is 154 Å². The Bertz CT molecular complexity index is 844. The molecule has 0 fully saturated rings. The van der Waals surface area contributed by atoms with Gasteiger partial charge in [0.2, 0.25) is 11.8 Å². The number of carbonyl (C=O) groups is 2. The van der Waals surface area contributed by atoms with Crippen molar-refractivity contribution in [2.45, 2.75) is 11.8 Å². The third-order valence-corrected chi connectivity index (χ3v) is 4.44. The lowest BCUT2D eigenvalue weighted by atomic mass is 10.2. The molecule has 0 bridgehead atoms. The van der Waals surface area contributed by atoms with Gasteiger partial charge in [0.1, 0.15) is 19.0 Å². The van der Waals surface area contributed by atoms with Gasteiger partial charge in [-0.3, -0.25) is 9.59 Å². The van der Waals surface area contributed by atoms with Crippen molar-refractivity contribution < 1.29 is 23.5 Å². The van der Waals surface area contributed by atoms with Gasteiger partial charge in [-0.1, -0.05) is 0 Å². The van der Waals surface area contributed by atoms with Gasteiger partial charge in [0.15, 0.2) is 11.5 Å². The van der Waals surface area contributed by atoms with E-state index in [4.69, 9.17) is 9.47 Å². The predicted molar refractivity (Wildman–Crippen MR) is 97.5 cm³/mol. The molecule has 136 valence electrons. The lowest BCUT2D eigenvalue weighted by Crippen LogP contribution is -2.16. The fourth-order valence-electron chi connectivity index (χ4n) is 2.35. The van der Waals surface area contributed by atoms with Gasteiger partial charge in [0, 0.05) is 17.5 Å². The molecule has 0 aromatic heterocycles. The molecule has 0 saturated heterocycles. The van der Waals surface area contributed by atoms with Crippen LogP contribution in [0.1, 0.15) is 6.92 Å². The van der Waals surface area contributed by atoms with Crippen LogP contribution in [-0.4, -0.2) is 30.8 Å². The maximum absolute atomic E-state index is 13.6. The number of halogens is 1. The van der Waals surface area contributed by atoms with E-state index in [0.29, 0.717) is 30.4 Å². The lowest BCUT2D eigenvalue weighted by Gasteiger charge is -2.18. The van der Waals surface area contributed by atoms with Crippen LogP contribution < -0.4 is 20.1 Å². The Hall–Kier alpha value is -2.74. The van der Waals surface area contributed by atoms with Gasteiger partial charge in [-0.15, -0.1) is 11.8 Å². The molecule has 1 aliphatic heterocycles. The van der Waals surface area contributed by atoms with Crippen molar-refractivity contribution in [3.63, 3.8) is 0 Å². The Morgan fingerprint density at radius 3 is 2.62 bits per heavy atom. The number of nitrogens with one attached hydrogen (secondary N) is 2. The average molecular weight is 376 g/mol. The molecule has 0 atom stereocenters. The molecule has 0 saturated carbocycles. The smallest absolute Gasteiger partial charge is 0.234 e.